The van der Waals surface area contributed by atoms with Crippen molar-refractivity contribution >= 4 is 40.8 Å². The van der Waals surface area contributed by atoms with Crippen LogP contribution in [0.3, 0.4) is 0 Å². The topological polar surface area (TPSA) is 48.1 Å². The van der Waals surface area contributed by atoms with Crippen LogP contribution < -0.4 is 5.32 Å². The average Bonchev–Trinajstić information content (AvgIpc) is 2.82. The molecule has 3 rings (SSSR count). The fraction of sp³-hybridized carbons (Fsp3) is 0.357. The molecule has 2 aromatic rings. The largest absolute Gasteiger partial charge is 0.361 e. The van der Waals surface area contributed by atoms with E-state index in [2.05, 4.69) is 10.3 Å². The van der Waals surface area contributed by atoms with Crippen LogP contribution in [0.5, 0.6) is 0 Å². The number of carbonyl (C=O) groups is 1. The normalized spacial score (nSPS) is 15.2. The molecule has 0 aliphatic carbocycles. The first-order chi connectivity index (χ1) is 9.24. The van der Waals surface area contributed by atoms with E-state index in [1.54, 1.807) is 0 Å². The van der Waals surface area contributed by atoms with Crippen molar-refractivity contribution in [3.63, 3.8) is 0 Å². The van der Waals surface area contributed by atoms with Crippen molar-refractivity contribution in [2.75, 3.05) is 26.2 Å². The summed E-state index contributed by atoms with van der Waals surface area (Å²) in [6, 6.07) is 5.70. The number of hydrogen-bond donors (Lipinski definition) is 2. The van der Waals surface area contributed by atoms with Gasteiger partial charge in [-0.25, -0.2) is 0 Å². The summed E-state index contributed by atoms with van der Waals surface area (Å²) in [5.74, 6) is 0.183. The highest BCUT2D eigenvalue weighted by Crippen LogP contribution is 2.23. The number of fused-ring (bicyclic) bond motifs is 1. The Morgan fingerprint density at radius 3 is 2.80 bits per heavy atom. The molecule has 6 heteroatoms. The van der Waals surface area contributed by atoms with Crippen molar-refractivity contribution < 1.29 is 4.79 Å². The third kappa shape index (κ3) is 3.08. The minimum atomic E-state index is 0. The number of rotatable bonds is 2. The number of nitrogens with one attached hydrogen (secondary N) is 2. The third-order valence-corrected chi connectivity index (χ3v) is 3.78. The van der Waals surface area contributed by atoms with E-state index in [9.17, 15) is 4.79 Å². The van der Waals surface area contributed by atoms with E-state index in [0.29, 0.717) is 11.4 Å². The van der Waals surface area contributed by atoms with Crippen molar-refractivity contribution in [1.82, 2.24) is 15.2 Å². The molecular weight excluding hydrogens is 297 g/mol. The first kappa shape index (κ1) is 15.2. The van der Waals surface area contributed by atoms with E-state index in [1.807, 2.05) is 29.3 Å². The third-order valence-electron chi connectivity index (χ3n) is 3.54. The standard InChI is InChI=1S/C14H16ClN3O.ClH/c15-11-1-2-13-12(8-11)10(9-17-13)7-14(19)18-5-3-16-4-6-18;/h1-2,8-9,16-17H,3-7H2;1H. The number of nitrogens with zero attached hydrogens (tertiary/aromatic N) is 1. The summed E-state index contributed by atoms with van der Waals surface area (Å²) in [5, 5.41) is 4.98. The van der Waals surface area contributed by atoms with Crippen LogP contribution in [0.25, 0.3) is 10.9 Å². The molecule has 1 aliphatic heterocycles. The number of amides is 1. The molecule has 2 heterocycles. The number of H-pyrrole nitrogens is 1. The lowest BCUT2D eigenvalue weighted by atomic mass is 10.1. The lowest BCUT2D eigenvalue weighted by molar-refractivity contribution is -0.131. The number of hydrogen-bond acceptors (Lipinski definition) is 2. The number of piperazine rings is 1. The molecule has 4 nitrogen and oxygen atoms in total. The van der Waals surface area contributed by atoms with E-state index in [-0.39, 0.29) is 18.3 Å². The van der Waals surface area contributed by atoms with E-state index >= 15 is 0 Å². The molecule has 1 aliphatic rings. The van der Waals surface area contributed by atoms with Crippen LogP contribution in [0.15, 0.2) is 24.4 Å². The summed E-state index contributed by atoms with van der Waals surface area (Å²) in [4.78, 5) is 17.3. The van der Waals surface area contributed by atoms with Crippen LogP contribution in [0.1, 0.15) is 5.56 Å². The van der Waals surface area contributed by atoms with Crippen LogP contribution in [0.2, 0.25) is 5.02 Å². The van der Waals surface area contributed by atoms with Gasteiger partial charge in [0.2, 0.25) is 5.91 Å². The SMILES string of the molecule is Cl.O=C(Cc1c[nH]c2ccc(Cl)cc12)N1CCNCC1. The Labute approximate surface area is 128 Å². The molecule has 108 valence electrons. The van der Waals surface area contributed by atoms with E-state index in [4.69, 9.17) is 11.6 Å². The maximum Gasteiger partial charge on any atom is 0.227 e. The molecule has 1 aromatic heterocycles. The number of aromatic nitrogens is 1. The summed E-state index contributed by atoms with van der Waals surface area (Å²) in [5.41, 5.74) is 2.04. The second-order valence-corrected chi connectivity index (χ2v) is 5.25. The van der Waals surface area contributed by atoms with Gasteiger partial charge in [0, 0.05) is 48.3 Å². The number of halogens is 2. The molecule has 2 N–H and O–H groups in total. The summed E-state index contributed by atoms with van der Waals surface area (Å²) < 4.78 is 0. The Bertz CT molecular complexity index is 605. The van der Waals surface area contributed by atoms with Crippen molar-refractivity contribution in [2.24, 2.45) is 0 Å². The van der Waals surface area contributed by atoms with Gasteiger partial charge >= 0.3 is 0 Å². The average molecular weight is 314 g/mol. The molecule has 0 bridgehead atoms. The Morgan fingerprint density at radius 1 is 1.30 bits per heavy atom. The van der Waals surface area contributed by atoms with Gasteiger partial charge in [0.15, 0.2) is 0 Å². The molecule has 0 radical (unpaired) electrons. The quantitative estimate of drug-likeness (QED) is 0.893. The van der Waals surface area contributed by atoms with Gasteiger partial charge in [0.05, 0.1) is 6.42 Å². The smallest absolute Gasteiger partial charge is 0.227 e. The maximum absolute atomic E-state index is 12.2. The summed E-state index contributed by atoms with van der Waals surface area (Å²) >= 11 is 6.02. The van der Waals surface area contributed by atoms with Crippen molar-refractivity contribution in [3.8, 4) is 0 Å². The fourth-order valence-electron chi connectivity index (χ4n) is 2.49. The van der Waals surface area contributed by atoms with Crippen LogP contribution in [0, 0.1) is 0 Å². The lowest BCUT2D eigenvalue weighted by Crippen LogP contribution is -2.46. The summed E-state index contributed by atoms with van der Waals surface area (Å²) in [7, 11) is 0. The van der Waals surface area contributed by atoms with Crippen molar-refractivity contribution in [1.29, 1.82) is 0 Å². The predicted octanol–water partition coefficient (Wildman–Crippen LogP) is 2.22. The molecule has 1 aromatic carbocycles. The van der Waals surface area contributed by atoms with Gasteiger partial charge in [-0.05, 0) is 23.8 Å². The van der Waals surface area contributed by atoms with Gasteiger partial charge in [0.1, 0.15) is 0 Å². The maximum atomic E-state index is 12.2. The van der Waals surface area contributed by atoms with E-state index in [1.165, 1.54) is 0 Å². The van der Waals surface area contributed by atoms with Crippen LogP contribution in [-0.4, -0.2) is 42.0 Å². The first-order valence-electron chi connectivity index (χ1n) is 6.48. The molecule has 1 amide bonds. The minimum absolute atomic E-state index is 0. The molecule has 0 saturated carbocycles. The molecule has 20 heavy (non-hydrogen) atoms. The molecular formula is C14H17Cl2N3O. The fourth-order valence-corrected chi connectivity index (χ4v) is 2.66. The molecule has 0 atom stereocenters. The first-order valence-corrected chi connectivity index (χ1v) is 6.86. The molecule has 1 saturated heterocycles. The highest BCUT2D eigenvalue weighted by Gasteiger charge is 2.17. The Morgan fingerprint density at radius 2 is 2.05 bits per heavy atom. The Hall–Kier alpha value is -1.23. The summed E-state index contributed by atoms with van der Waals surface area (Å²) in [6.07, 6.45) is 2.33. The Kier molecular flexibility index (Phi) is 4.91. The highest BCUT2D eigenvalue weighted by atomic mass is 35.5. The van der Waals surface area contributed by atoms with Crippen LogP contribution in [-0.2, 0) is 11.2 Å². The van der Waals surface area contributed by atoms with E-state index < -0.39 is 0 Å². The molecule has 0 unspecified atom stereocenters. The zero-order valence-electron chi connectivity index (χ0n) is 11.0. The van der Waals surface area contributed by atoms with Crippen molar-refractivity contribution in [2.45, 2.75) is 6.42 Å². The van der Waals surface area contributed by atoms with Gasteiger partial charge in [-0.3, -0.25) is 4.79 Å². The van der Waals surface area contributed by atoms with Crippen LogP contribution >= 0.6 is 24.0 Å². The van der Waals surface area contributed by atoms with Gasteiger partial charge in [-0.1, -0.05) is 11.6 Å². The Balaban J connectivity index is 0.00000147. The van der Waals surface area contributed by atoms with Crippen molar-refractivity contribution in [3.05, 3.63) is 35.0 Å². The minimum Gasteiger partial charge on any atom is -0.361 e. The van der Waals surface area contributed by atoms with E-state index in [0.717, 1.165) is 42.6 Å². The van der Waals surface area contributed by atoms with Gasteiger partial charge in [0.25, 0.3) is 0 Å². The second-order valence-electron chi connectivity index (χ2n) is 4.81. The number of aromatic amines is 1. The summed E-state index contributed by atoms with van der Waals surface area (Å²) in [6.45, 7) is 3.35. The predicted molar refractivity (Wildman–Crippen MR) is 83.7 cm³/mol. The van der Waals surface area contributed by atoms with Crippen LogP contribution in [0.4, 0.5) is 0 Å². The van der Waals surface area contributed by atoms with Gasteiger partial charge in [-0.2, -0.15) is 0 Å². The highest BCUT2D eigenvalue weighted by molar-refractivity contribution is 6.31. The lowest BCUT2D eigenvalue weighted by Gasteiger charge is -2.27. The molecule has 1 fully saturated rings. The van der Waals surface area contributed by atoms with Gasteiger partial charge < -0.3 is 15.2 Å². The molecule has 0 spiro atoms. The zero-order valence-corrected chi connectivity index (χ0v) is 12.6. The van der Waals surface area contributed by atoms with Gasteiger partial charge in [-0.15, -0.1) is 12.4 Å². The second kappa shape index (κ2) is 6.48. The number of carbonyl (C=O) groups excluding carboxylic acids is 1. The number of benzene rings is 1. The zero-order chi connectivity index (χ0) is 13.2. The monoisotopic (exact) mass is 313 g/mol.